The van der Waals surface area contributed by atoms with Crippen LogP contribution in [0.25, 0.3) is 0 Å². The number of carbonyl (C=O) groups excluding carboxylic acids is 1. The van der Waals surface area contributed by atoms with Crippen LogP contribution in [0.4, 0.5) is 0 Å². The molecule has 1 rings (SSSR count). The van der Waals surface area contributed by atoms with Crippen LogP contribution in [-0.2, 0) is 10.0 Å². The Balaban J connectivity index is 2.61. The van der Waals surface area contributed by atoms with Gasteiger partial charge in [0.15, 0.2) is 5.78 Å². The van der Waals surface area contributed by atoms with Gasteiger partial charge in [-0.3, -0.25) is 4.79 Å². The average Bonchev–Trinajstić information content (AvgIpc) is 2.47. The van der Waals surface area contributed by atoms with Crippen LogP contribution in [-0.4, -0.2) is 20.7 Å². The van der Waals surface area contributed by atoms with Gasteiger partial charge in [0.2, 0.25) is 10.0 Å². The SMILES string of the molecule is CCCCCCNS(=O)(=O)c1ccc(C(=O)CCC)cc1. The van der Waals surface area contributed by atoms with E-state index in [2.05, 4.69) is 11.6 Å². The first-order chi connectivity index (χ1) is 10.0. The Morgan fingerprint density at radius 3 is 2.24 bits per heavy atom. The lowest BCUT2D eigenvalue weighted by Gasteiger charge is -2.07. The molecular formula is C16H25NO3S. The topological polar surface area (TPSA) is 63.2 Å². The van der Waals surface area contributed by atoms with Crippen molar-refractivity contribution in [3.8, 4) is 0 Å². The second-order valence-electron chi connectivity index (χ2n) is 5.16. The maximum absolute atomic E-state index is 12.1. The van der Waals surface area contributed by atoms with E-state index < -0.39 is 10.0 Å². The van der Waals surface area contributed by atoms with Gasteiger partial charge in [-0.15, -0.1) is 0 Å². The minimum Gasteiger partial charge on any atom is -0.294 e. The van der Waals surface area contributed by atoms with Gasteiger partial charge in [-0.2, -0.15) is 0 Å². The van der Waals surface area contributed by atoms with Crippen LogP contribution in [0.1, 0.15) is 62.7 Å². The third-order valence-corrected chi connectivity index (χ3v) is 4.76. The van der Waals surface area contributed by atoms with Crippen molar-refractivity contribution in [3.05, 3.63) is 29.8 Å². The fourth-order valence-electron chi connectivity index (χ4n) is 2.03. The zero-order valence-electron chi connectivity index (χ0n) is 12.9. The van der Waals surface area contributed by atoms with Crippen LogP contribution < -0.4 is 4.72 Å². The monoisotopic (exact) mass is 311 g/mol. The molecule has 0 amide bonds. The summed E-state index contributed by atoms with van der Waals surface area (Å²) in [6.45, 7) is 4.52. The second-order valence-corrected chi connectivity index (χ2v) is 6.92. The van der Waals surface area contributed by atoms with Crippen LogP contribution >= 0.6 is 0 Å². The van der Waals surface area contributed by atoms with Crippen molar-refractivity contribution in [1.29, 1.82) is 0 Å². The molecule has 118 valence electrons. The minimum absolute atomic E-state index is 0.0500. The minimum atomic E-state index is -3.46. The van der Waals surface area contributed by atoms with Crippen molar-refractivity contribution in [2.75, 3.05) is 6.54 Å². The Kier molecular flexibility index (Phi) is 7.61. The highest BCUT2D eigenvalue weighted by molar-refractivity contribution is 7.89. The summed E-state index contributed by atoms with van der Waals surface area (Å²) in [5, 5.41) is 0. The number of sulfonamides is 1. The standard InChI is InChI=1S/C16H25NO3S/c1-3-5-6-7-13-17-21(19,20)15-11-9-14(10-12-15)16(18)8-4-2/h9-12,17H,3-8,13H2,1-2H3. The number of benzene rings is 1. The van der Waals surface area contributed by atoms with Crippen molar-refractivity contribution in [3.63, 3.8) is 0 Å². The maximum atomic E-state index is 12.1. The Bertz CT molecular complexity index is 535. The molecule has 0 spiro atoms. The summed E-state index contributed by atoms with van der Waals surface area (Å²) in [6.07, 6.45) is 5.40. The van der Waals surface area contributed by atoms with E-state index in [0.717, 1.165) is 32.1 Å². The summed E-state index contributed by atoms with van der Waals surface area (Å²) in [7, 11) is -3.46. The Hall–Kier alpha value is -1.20. The number of carbonyl (C=O) groups is 1. The molecule has 0 saturated heterocycles. The lowest BCUT2D eigenvalue weighted by molar-refractivity contribution is 0.0981. The second kappa shape index (κ2) is 8.95. The lowest BCUT2D eigenvalue weighted by atomic mass is 10.1. The normalized spacial score (nSPS) is 11.5. The van der Waals surface area contributed by atoms with Gasteiger partial charge in [0.1, 0.15) is 0 Å². The van der Waals surface area contributed by atoms with Gasteiger partial charge < -0.3 is 0 Å². The first kappa shape index (κ1) is 17.9. The third-order valence-electron chi connectivity index (χ3n) is 3.29. The van der Waals surface area contributed by atoms with Crippen LogP contribution in [0, 0.1) is 0 Å². The molecule has 1 N–H and O–H groups in total. The van der Waals surface area contributed by atoms with Crippen molar-refractivity contribution in [2.24, 2.45) is 0 Å². The highest BCUT2D eigenvalue weighted by atomic mass is 32.2. The van der Waals surface area contributed by atoms with E-state index in [1.165, 1.54) is 12.1 Å². The van der Waals surface area contributed by atoms with E-state index in [1.54, 1.807) is 12.1 Å². The number of Topliss-reactive ketones (excluding diaryl/α,β-unsaturated/α-hetero) is 1. The van der Waals surface area contributed by atoms with E-state index in [1.807, 2.05) is 6.92 Å². The van der Waals surface area contributed by atoms with E-state index in [0.29, 0.717) is 18.5 Å². The van der Waals surface area contributed by atoms with Crippen molar-refractivity contribution < 1.29 is 13.2 Å². The molecule has 0 atom stereocenters. The van der Waals surface area contributed by atoms with E-state index in [-0.39, 0.29) is 10.7 Å². The van der Waals surface area contributed by atoms with E-state index in [9.17, 15) is 13.2 Å². The molecule has 0 heterocycles. The molecule has 0 fully saturated rings. The van der Waals surface area contributed by atoms with Crippen LogP contribution in [0.15, 0.2) is 29.2 Å². The number of rotatable bonds is 10. The fraction of sp³-hybridized carbons (Fsp3) is 0.562. The summed E-state index contributed by atoms with van der Waals surface area (Å²) in [5.41, 5.74) is 0.568. The molecular weight excluding hydrogens is 286 g/mol. The maximum Gasteiger partial charge on any atom is 0.240 e. The quantitative estimate of drug-likeness (QED) is 0.531. The summed E-state index contributed by atoms with van der Waals surface area (Å²) in [5.74, 6) is 0.0500. The highest BCUT2D eigenvalue weighted by Gasteiger charge is 2.14. The predicted octanol–water partition coefficient (Wildman–Crippen LogP) is 3.53. The smallest absolute Gasteiger partial charge is 0.240 e. The number of hydrogen-bond donors (Lipinski definition) is 1. The number of nitrogens with one attached hydrogen (secondary N) is 1. The number of unbranched alkanes of at least 4 members (excludes halogenated alkanes) is 3. The predicted molar refractivity (Wildman–Crippen MR) is 85.0 cm³/mol. The molecule has 0 aliphatic rings. The lowest BCUT2D eigenvalue weighted by Crippen LogP contribution is -2.24. The average molecular weight is 311 g/mol. The zero-order chi connectivity index (χ0) is 15.7. The molecule has 21 heavy (non-hydrogen) atoms. The molecule has 0 unspecified atom stereocenters. The van der Waals surface area contributed by atoms with E-state index in [4.69, 9.17) is 0 Å². The van der Waals surface area contributed by atoms with Gasteiger partial charge in [0, 0.05) is 18.5 Å². The van der Waals surface area contributed by atoms with Crippen LogP contribution in [0.2, 0.25) is 0 Å². The van der Waals surface area contributed by atoms with Gasteiger partial charge in [-0.05, 0) is 25.0 Å². The molecule has 5 heteroatoms. The first-order valence-corrected chi connectivity index (χ1v) is 9.12. The van der Waals surface area contributed by atoms with Gasteiger partial charge in [0.25, 0.3) is 0 Å². The molecule has 1 aromatic rings. The van der Waals surface area contributed by atoms with Crippen molar-refractivity contribution in [2.45, 2.75) is 57.3 Å². The molecule has 0 aliphatic heterocycles. The molecule has 0 radical (unpaired) electrons. The molecule has 0 bridgehead atoms. The number of hydrogen-bond acceptors (Lipinski definition) is 3. The summed E-state index contributed by atoms with van der Waals surface area (Å²) in [4.78, 5) is 11.9. The Morgan fingerprint density at radius 2 is 1.67 bits per heavy atom. The van der Waals surface area contributed by atoms with Crippen molar-refractivity contribution in [1.82, 2.24) is 4.72 Å². The fourth-order valence-corrected chi connectivity index (χ4v) is 3.11. The Morgan fingerprint density at radius 1 is 1.00 bits per heavy atom. The summed E-state index contributed by atoms with van der Waals surface area (Å²) >= 11 is 0. The molecule has 1 aromatic carbocycles. The zero-order valence-corrected chi connectivity index (χ0v) is 13.7. The van der Waals surface area contributed by atoms with Gasteiger partial charge in [0.05, 0.1) is 4.90 Å². The van der Waals surface area contributed by atoms with Gasteiger partial charge in [-0.25, -0.2) is 13.1 Å². The van der Waals surface area contributed by atoms with Gasteiger partial charge >= 0.3 is 0 Å². The number of ketones is 1. The van der Waals surface area contributed by atoms with Crippen LogP contribution in [0.5, 0.6) is 0 Å². The molecule has 4 nitrogen and oxygen atoms in total. The summed E-state index contributed by atoms with van der Waals surface area (Å²) < 4.78 is 26.7. The highest BCUT2D eigenvalue weighted by Crippen LogP contribution is 2.12. The molecule has 0 aliphatic carbocycles. The van der Waals surface area contributed by atoms with E-state index >= 15 is 0 Å². The summed E-state index contributed by atoms with van der Waals surface area (Å²) in [6, 6.07) is 6.17. The van der Waals surface area contributed by atoms with Gasteiger partial charge in [-0.1, -0.05) is 45.2 Å². The Labute approximate surface area is 128 Å². The largest absolute Gasteiger partial charge is 0.294 e. The first-order valence-electron chi connectivity index (χ1n) is 7.64. The molecule has 0 saturated carbocycles. The third kappa shape index (κ3) is 5.98. The molecule has 0 aromatic heterocycles. The van der Waals surface area contributed by atoms with Crippen LogP contribution in [0.3, 0.4) is 0 Å². The van der Waals surface area contributed by atoms with Crippen molar-refractivity contribution >= 4 is 15.8 Å².